The van der Waals surface area contributed by atoms with Crippen LogP contribution in [0, 0.1) is 0 Å². The van der Waals surface area contributed by atoms with E-state index in [2.05, 4.69) is 4.90 Å². The van der Waals surface area contributed by atoms with Crippen LogP contribution in [0.15, 0.2) is 27.4 Å². The number of fused-ring (bicyclic) bond motifs is 1. The summed E-state index contributed by atoms with van der Waals surface area (Å²) < 4.78 is 12.6. The lowest BCUT2D eigenvalue weighted by atomic mass is 10.2. The van der Waals surface area contributed by atoms with Crippen molar-refractivity contribution in [2.24, 2.45) is 0 Å². The van der Waals surface area contributed by atoms with Crippen LogP contribution in [0.3, 0.4) is 0 Å². The van der Waals surface area contributed by atoms with E-state index in [9.17, 15) is 4.79 Å². The number of halogens is 1. The molecular formula is C14H17ClN2O3. The highest BCUT2D eigenvalue weighted by atomic mass is 35.5. The van der Waals surface area contributed by atoms with Crippen molar-refractivity contribution < 1.29 is 9.15 Å². The first-order chi connectivity index (χ1) is 9.52. The summed E-state index contributed by atoms with van der Waals surface area (Å²) in [7, 11) is 0. The molecule has 2 aromatic rings. The molecule has 20 heavy (non-hydrogen) atoms. The molecule has 1 aliphatic heterocycles. The Balaban J connectivity index is 1.91. The molecule has 1 fully saturated rings. The number of benzene rings is 1. The molecule has 5 nitrogen and oxygen atoms in total. The van der Waals surface area contributed by atoms with Crippen molar-refractivity contribution in [2.45, 2.75) is 32.7 Å². The van der Waals surface area contributed by atoms with Crippen molar-refractivity contribution in [2.75, 3.05) is 13.1 Å². The first-order valence-corrected chi connectivity index (χ1v) is 7.07. The second-order valence-electron chi connectivity index (χ2n) is 5.34. The molecule has 0 aliphatic carbocycles. The average molecular weight is 297 g/mol. The maximum absolute atomic E-state index is 12.0. The smallest absolute Gasteiger partial charge is 0.408 e. The van der Waals surface area contributed by atoms with Crippen LogP contribution in [-0.4, -0.2) is 34.8 Å². The molecule has 2 atom stereocenters. The summed E-state index contributed by atoms with van der Waals surface area (Å²) in [6.45, 7) is 6.19. The van der Waals surface area contributed by atoms with Crippen LogP contribution < -0.4 is 5.76 Å². The Morgan fingerprint density at radius 3 is 2.70 bits per heavy atom. The van der Waals surface area contributed by atoms with Crippen molar-refractivity contribution in [3.8, 4) is 0 Å². The Morgan fingerprint density at radius 2 is 2.00 bits per heavy atom. The maximum Gasteiger partial charge on any atom is 0.421 e. The van der Waals surface area contributed by atoms with E-state index in [1.165, 1.54) is 0 Å². The van der Waals surface area contributed by atoms with Gasteiger partial charge in [-0.3, -0.25) is 9.47 Å². The third-order valence-corrected chi connectivity index (χ3v) is 3.70. The van der Waals surface area contributed by atoms with Gasteiger partial charge in [0, 0.05) is 24.2 Å². The molecule has 1 aliphatic rings. The first kappa shape index (κ1) is 13.7. The minimum absolute atomic E-state index is 0.169. The fourth-order valence-electron chi connectivity index (χ4n) is 2.77. The molecular weight excluding hydrogens is 280 g/mol. The van der Waals surface area contributed by atoms with Gasteiger partial charge in [-0.25, -0.2) is 4.79 Å². The van der Waals surface area contributed by atoms with Gasteiger partial charge in [-0.1, -0.05) is 11.6 Å². The summed E-state index contributed by atoms with van der Waals surface area (Å²) >= 11 is 5.91. The van der Waals surface area contributed by atoms with E-state index in [1.54, 1.807) is 16.7 Å². The van der Waals surface area contributed by atoms with Gasteiger partial charge in [0.05, 0.1) is 24.4 Å². The largest absolute Gasteiger partial charge is 0.421 e. The van der Waals surface area contributed by atoms with Gasteiger partial charge in [-0.05, 0) is 26.0 Å². The van der Waals surface area contributed by atoms with Crippen LogP contribution in [0.4, 0.5) is 0 Å². The predicted molar refractivity (Wildman–Crippen MR) is 77.1 cm³/mol. The minimum Gasteiger partial charge on any atom is -0.408 e. The molecule has 0 N–H and O–H groups in total. The van der Waals surface area contributed by atoms with Gasteiger partial charge in [-0.15, -0.1) is 0 Å². The zero-order chi connectivity index (χ0) is 14.3. The third-order valence-electron chi connectivity index (χ3n) is 3.47. The number of hydrogen-bond donors (Lipinski definition) is 0. The van der Waals surface area contributed by atoms with Crippen LogP contribution in [0.2, 0.25) is 5.02 Å². The zero-order valence-corrected chi connectivity index (χ0v) is 12.3. The number of morpholine rings is 1. The summed E-state index contributed by atoms with van der Waals surface area (Å²) in [6.07, 6.45) is 0.337. The summed E-state index contributed by atoms with van der Waals surface area (Å²) in [5, 5.41) is 0.562. The lowest BCUT2D eigenvalue weighted by Gasteiger charge is -2.35. The Hall–Kier alpha value is -1.30. The summed E-state index contributed by atoms with van der Waals surface area (Å²) in [6, 6.07) is 5.25. The second kappa shape index (κ2) is 5.24. The monoisotopic (exact) mass is 296 g/mol. The van der Waals surface area contributed by atoms with E-state index in [4.69, 9.17) is 20.8 Å². The topological polar surface area (TPSA) is 47.6 Å². The molecule has 3 rings (SSSR count). The summed E-state index contributed by atoms with van der Waals surface area (Å²) in [4.78, 5) is 14.2. The van der Waals surface area contributed by atoms with Gasteiger partial charge in [-0.2, -0.15) is 0 Å². The van der Waals surface area contributed by atoms with Crippen molar-refractivity contribution in [1.29, 1.82) is 0 Å². The second-order valence-corrected chi connectivity index (χ2v) is 5.78. The Morgan fingerprint density at radius 1 is 1.30 bits per heavy atom. The number of ether oxygens (including phenoxy) is 1. The molecule has 0 unspecified atom stereocenters. The molecule has 0 bridgehead atoms. The van der Waals surface area contributed by atoms with Gasteiger partial charge in [0.25, 0.3) is 0 Å². The van der Waals surface area contributed by atoms with Crippen molar-refractivity contribution >= 4 is 22.7 Å². The fourth-order valence-corrected chi connectivity index (χ4v) is 2.94. The van der Waals surface area contributed by atoms with Crippen molar-refractivity contribution in [1.82, 2.24) is 9.47 Å². The van der Waals surface area contributed by atoms with E-state index in [0.29, 0.717) is 17.3 Å². The Bertz CT molecular complexity index is 669. The molecule has 0 spiro atoms. The molecule has 108 valence electrons. The molecule has 2 heterocycles. The highest BCUT2D eigenvalue weighted by Crippen LogP contribution is 2.19. The number of nitrogens with zero attached hydrogens (tertiary/aromatic N) is 2. The molecule has 1 saturated heterocycles. The average Bonchev–Trinajstić information content (AvgIpc) is 2.64. The van der Waals surface area contributed by atoms with E-state index in [-0.39, 0.29) is 18.0 Å². The van der Waals surface area contributed by atoms with Gasteiger partial charge in [0.2, 0.25) is 0 Å². The lowest BCUT2D eigenvalue weighted by molar-refractivity contribution is -0.0766. The van der Waals surface area contributed by atoms with E-state index >= 15 is 0 Å². The summed E-state index contributed by atoms with van der Waals surface area (Å²) in [5.74, 6) is -0.353. The van der Waals surface area contributed by atoms with Gasteiger partial charge < -0.3 is 9.15 Å². The zero-order valence-electron chi connectivity index (χ0n) is 11.5. The number of hydrogen-bond acceptors (Lipinski definition) is 4. The predicted octanol–water partition coefficient (Wildman–Crippen LogP) is 2.31. The quantitative estimate of drug-likeness (QED) is 0.853. The van der Waals surface area contributed by atoms with E-state index < -0.39 is 0 Å². The first-order valence-electron chi connectivity index (χ1n) is 6.69. The number of oxazole rings is 1. The molecule has 1 aromatic carbocycles. The van der Waals surface area contributed by atoms with E-state index in [0.717, 1.165) is 18.6 Å². The Kier molecular flexibility index (Phi) is 3.58. The molecule has 0 amide bonds. The normalized spacial score (nSPS) is 24.4. The van der Waals surface area contributed by atoms with Crippen molar-refractivity contribution in [3.05, 3.63) is 33.8 Å². The van der Waals surface area contributed by atoms with Gasteiger partial charge in [0.1, 0.15) is 0 Å². The minimum atomic E-state index is -0.353. The highest BCUT2D eigenvalue weighted by molar-refractivity contribution is 6.31. The lowest BCUT2D eigenvalue weighted by Crippen LogP contribution is -2.46. The highest BCUT2D eigenvalue weighted by Gasteiger charge is 2.23. The Labute approximate surface area is 121 Å². The number of rotatable bonds is 2. The van der Waals surface area contributed by atoms with Crippen LogP contribution in [0.5, 0.6) is 0 Å². The fraction of sp³-hybridized carbons (Fsp3) is 0.500. The molecule has 1 aromatic heterocycles. The van der Waals surface area contributed by atoms with Crippen LogP contribution in [0.25, 0.3) is 11.1 Å². The van der Waals surface area contributed by atoms with Crippen LogP contribution in [-0.2, 0) is 11.4 Å². The van der Waals surface area contributed by atoms with Gasteiger partial charge >= 0.3 is 5.76 Å². The molecule has 0 radical (unpaired) electrons. The van der Waals surface area contributed by atoms with E-state index in [1.807, 2.05) is 19.9 Å². The van der Waals surface area contributed by atoms with Crippen molar-refractivity contribution in [3.63, 3.8) is 0 Å². The number of aromatic nitrogens is 1. The molecule has 6 heteroatoms. The van der Waals surface area contributed by atoms with Crippen LogP contribution >= 0.6 is 11.6 Å². The maximum atomic E-state index is 12.0. The van der Waals surface area contributed by atoms with Gasteiger partial charge in [0.15, 0.2) is 5.58 Å². The standard InChI is InChI=1S/C14H17ClN2O3/c1-9-6-16(7-10(2)19-9)8-17-12-4-3-11(15)5-13(12)20-14(17)18/h3-5,9-10H,6-8H2,1-2H3/t9-,10-/m1/s1. The van der Waals surface area contributed by atoms with Crippen LogP contribution in [0.1, 0.15) is 13.8 Å². The third kappa shape index (κ3) is 2.61. The molecule has 0 saturated carbocycles. The SMILES string of the molecule is C[C@@H]1CN(Cn2c(=O)oc3cc(Cl)ccc32)C[C@@H](C)O1. The summed E-state index contributed by atoms with van der Waals surface area (Å²) in [5.41, 5.74) is 1.29.